The molecule has 2 radical (unpaired) electrons. The molecule has 0 spiro atoms. The first-order chi connectivity index (χ1) is 29.7. The average Bonchev–Trinajstić information content (AvgIpc) is 4.08. The van der Waals surface area contributed by atoms with Gasteiger partial charge in [-0.2, -0.15) is 0 Å². The summed E-state index contributed by atoms with van der Waals surface area (Å²) in [6, 6.07) is 31.4. The second-order valence-electron chi connectivity index (χ2n) is 13.7. The summed E-state index contributed by atoms with van der Waals surface area (Å²) in [5.41, 5.74) is 0. The van der Waals surface area contributed by atoms with Crippen molar-refractivity contribution in [1.82, 2.24) is 9.80 Å². The second kappa shape index (κ2) is 16.6. The van der Waals surface area contributed by atoms with Crippen molar-refractivity contribution in [2.75, 3.05) is 13.1 Å². The number of carbonyl (C=O) groups excluding carboxylic acids is 2. The van der Waals surface area contributed by atoms with Crippen LogP contribution in [-0.2, 0) is 9.59 Å². The lowest BCUT2D eigenvalue weighted by atomic mass is 10.3. The van der Waals surface area contributed by atoms with Crippen LogP contribution in [0, 0.1) is 0 Å². The van der Waals surface area contributed by atoms with Crippen LogP contribution in [0.2, 0.25) is 0 Å². The largest absolute Gasteiger partial charge is 0.293 e. The SMILES string of the molecule is CCN1C(=O)/C(=C/c2ccc(-c3ccc(-c4ccc(-c5cc6c(s5)-c5sc(-c7ccc(-c8ccc(-c9ccc(/C=C%10\SC(=S)N(CC)C%10=O)s9)s8)s7)cc5[Si]6)s4)s3)s2)SC1=S. The van der Waals surface area contributed by atoms with E-state index >= 15 is 0 Å². The van der Waals surface area contributed by atoms with Crippen LogP contribution < -0.4 is 10.4 Å². The lowest BCUT2D eigenvalue weighted by molar-refractivity contribution is -0.122. The van der Waals surface area contributed by atoms with E-state index in [0.717, 1.165) is 9.75 Å². The highest BCUT2D eigenvalue weighted by atomic mass is 32.2. The quantitative estimate of drug-likeness (QED) is 0.0772. The molecule has 0 saturated carbocycles. The summed E-state index contributed by atoms with van der Waals surface area (Å²) in [4.78, 5) is 50.5. The van der Waals surface area contributed by atoms with Crippen molar-refractivity contribution in [3.63, 3.8) is 0 Å². The molecule has 2 amide bonds. The van der Waals surface area contributed by atoms with Crippen LogP contribution in [0.15, 0.2) is 94.7 Å². The minimum atomic E-state index is 0.00309. The topological polar surface area (TPSA) is 40.6 Å². The van der Waals surface area contributed by atoms with Gasteiger partial charge in [0.05, 0.1) is 9.81 Å². The third kappa shape index (κ3) is 7.60. The Kier molecular flexibility index (Phi) is 11.1. The van der Waals surface area contributed by atoms with Crippen LogP contribution in [0.1, 0.15) is 23.6 Å². The molecular weight excluding hydrogens is 1000 g/mol. The van der Waals surface area contributed by atoms with Gasteiger partial charge in [-0.3, -0.25) is 19.4 Å². The first-order valence-corrected chi connectivity index (χ1v) is 28.8. The van der Waals surface area contributed by atoms with Gasteiger partial charge in [-0.15, -0.1) is 90.7 Å². The minimum Gasteiger partial charge on any atom is -0.293 e. The van der Waals surface area contributed by atoms with Crippen LogP contribution in [-0.4, -0.2) is 52.9 Å². The molecule has 0 aromatic carbocycles. The zero-order valence-electron chi connectivity index (χ0n) is 31.8. The highest BCUT2D eigenvalue weighted by Gasteiger charge is 2.32. The molecule has 3 aliphatic heterocycles. The summed E-state index contributed by atoms with van der Waals surface area (Å²) in [5.74, 6) is 0.00619. The van der Waals surface area contributed by atoms with Crippen molar-refractivity contribution in [3.8, 4) is 68.3 Å². The van der Waals surface area contributed by atoms with Crippen LogP contribution in [0.5, 0.6) is 0 Å². The average molecular weight is 1030 g/mol. The van der Waals surface area contributed by atoms with Gasteiger partial charge in [-0.25, -0.2) is 0 Å². The molecule has 11 rings (SSSR count). The number of thiocarbonyl (C=S) groups is 2. The van der Waals surface area contributed by atoms with E-state index in [4.69, 9.17) is 24.4 Å². The molecule has 17 heteroatoms. The van der Waals surface area contributed by atoms with Crippen molar-refractivity contribution in [3.05, 3.63) is 104 Å². The first-order valence-electron chi connectivity index (χ1n) is 18.9. The summed E-state index contributed by atoms with van der Waals surface area (Å²) in [6.07, 6.45) is 3.95. The smallest absolute Gasteiger partial charge is 0.266 e. The van der Waals surface area contributed by atoms with Crippen LogP contribution in [0.25, 0.3) is 80.4 Å². The molecule has 3 aliphatic rings. The standard InChI is InChI=1S/C44H26N2O2S12Si/c1-3-45-41(47)35(59-43(45)49)17-21-5-7-23(51-21)25-9-11-27(53-25)29-13-15-31(55-29)33-19-37-39(57-33)40-38(61-37)20-34(58-40)32-16-14-30(56-32)28-12-10-26(54-28)24-8-6-22(52-24)18-36-42(48)46(4-2)44(50)60-36/h5-20H,3-4H2,1-2H3/b35-17-,36-18-. The normalized spacial score (nSPS) is 16.4. The molecule has 0 unspecified atom stereocenters. The summed E-state index contributed by atoms with van der Waals surface area (Å²) in [5, 5.41) is 2.94. The second-order valence-corrected chi connectivity index (χ2v) is 27.1. The Labute approximate surface area is 405 Å². The third-order valence-electron chi connectivity index (χ3n) is 10.0. The van der Waals surface area contributed by atoms with Crippen LogP contribution in [0.4, 0.5) is 0 Å². The summed E-state index contributed by atoms with van der Waals surface area (Å²) < 4.78 is 1.27. The van der Waals surface area contributed by atoms with E-state index < -0.39 is 0 Å². The Morgan fingerprint density at radius 1 is 0.459 bits per heavy atom. The fourth-order valence-electron chi connectivity index (χ4n) is 7.03. The zero-order chi connectivity index (χ0) is 41.5. The van der Waals surface area contributed by atoms with Gasteiger partial charge >= 0.3 is 0 Å². The predicted octanol–water partition coefficient (Wildman–Crippen LogP) is 14.3. The number of likely N-dealkylation sites (N-methyl/N-ethyl adjacent to an activating group) is 2. The molecule has 0 aliphatic carbocycles. The van der Waals surface area contributed by atoms with Gasteiger partial charge < -0.3 is 0 Å². The van der Waals surface area contributed by atoms with Crippen molar-refractivity contribution < 1.29 is 9.59 Å². The van der Waals surface area contributed by atoms with Gasteiger partial charge in [0.2, 0.25) is 0 Å². The number of amides is 2. The molecular formula is C44H26N2O2S12Si. The maximum Gasteiger partial charge on any atom is 0.266 e. The number of fused-ring (bicyclic) bond motifs is 3. The van der Waals surface area contributed by atoms with Crippen molar-refractivity contribution in [1.29, 1.82) is 0 Å². The number of nitrogens with zero attached hydrogens (tertiary/aromatic N) is 2. The maximum absolute atomic E-state index is 12.7. The Morgan fingerprint density at radius 2 is 0.770 bits per heavy atom. The Hall–Kier alpha value is -2.88. The fourth-order valence-corrected chi connectivity index (χ4v) is 20.9. The summed E-state index contributed by atoms with van der Waals surface area (Å²) in [7, 11) is 0.685. The Morgan fingerprint density at radius 3 is 1.10 bits per heavy atom. The minimum absolute atomic E-state index is 0.00309. The summed E-state index contributed by atoms with van der Waals surface area (Å²) in [6.45, 7) is 5.11. The molecule has 8 aromatic heterocycles. The van der Waals surface area contributed by atoms with E-state index in [0.29, 0.717) is 41.1 Å². The molecule has 61 heavy (non-hydrogen) atoms. The van der Waals surface area contributed by atoms with Gasteiger partial charge in [0, 0.05) is 91.1 Å². The monoisotopic (exact) mass is 1030 g/mol. The third-order valence-corrected chi connectivity index (χ3v) is 24.5. The molecule has 0 bridgehead atoms. The number of hydrogen-bond donors (Lipinski definition) is 0. The van der Waals surface area contributed by atoms with Crippen molar-refractivity contribution in [2.24, 2.45) is 0 Å². The number of hydrogen-bond acceptors (Lipinski definition) is 14. The highest BCUT2D eigenvalue weighted by molar-refractivity contribution is 8.27. The highest BCUT2D eigenvalue weighted by Crippen LogP contribution is 2.48. The van der Waals surface area contributed by atoms with Crippen molar-refractivity contribution >= 4 is 191 Å². The lowest BCUT2D eigenvalue weighted by Crippen LogP contribution is -2.27. The molecule has 11 heterocycles. The van der Waals surface area contributed by atoms with E-state index in [9.17, 15) is 9.59 Å². The van der Waals surface area contributed by atoms with Crippen LogP contribution in [0.3, 0.4) is 0 Å². The molecule has 8 aromatic rings. The van der Waals surface area contributed by atoms with Gasteiger partial charge in [-0.1, -0.05) is 48.0 Å². The summed E-state index contributed by atoms with van der Waals surface area (Å²) >= 11 is 28.2. The number of rotatable bonds is 10. The van der Waals surface area contributed by atoms with Crippen molar-refractivity contribution in [2.45, 2.75) is 13.8 Å². The molecule has 2 fully saturated rings. The molecule has 2 saturated heterocycles. The van der Waals surface area contributed by atoms with Gasteiger partial charge in [0.15, 0.2) is 0 Å². The zero-order valence-corrected chi connectivity index (χ0v) is 42.6. The molecule has 4 nitrogen and oxygen atoms in total. The number of thioether (sulfide) groups is 2. The van der Waals surface area contributed by atoms with Gasteiger partial charge in [0.25, 0.3) is 11.8 Å². The van der Waals surface area contributed by atoms with E-state index in [1.54, 1.807) is 32.5 Å². The van der Waals surface area contributed by atoms with E-state index in [2.05, 4.69) is 84.9 Å². The van der Waals surface area contributed by atoms with E-state index in [1.807, 2.05) is 94.0 Å². The number of carbonyl (C=O) groups is 2. The predicted molar refractivity (Wildman–Crippen MR) is 284 cm³/mol. The Bertz CT molecular complexity index is 2960. The van der Waals surface area contributed by atoms with Gasteiger partial charge in [0.1, 0.15) is 18.2 Å². The Balaban J connectivity index is 0.764. The van der Waals surface area contributed by atoms with Gasteiger partial charge in [-0.05, 0) is 121 Å². The molecule has 0 N–H and O–H groups in total. The lowest BCUT2D eigenvalue weighted by Gasteiger charge is -2.09. The van der Waals surface area contributed by atoms with Crippen LogP contribution >= 0.6 is 139 Å². The molecule has 0 atom stereocenters. The first kappa shape index (κ1) is 40.9. The van der Waals surface area contributed by atoms with E-state index in [1.165, 1.54) is 102 Å². The fraction of sp³-hybridized carbons (Fsp3) is 0.0909. The molecule has 300 valence electrons. The van der Waals surface area contributed by atoms with E-state index in [-0.39, 0.29) is 11.8 Å². The number of thiophene rings is 8. The maximum atomic E-state index is 12.7.